The first-order valence-corrected chi connectivity index (χ1v) is 6.98. The van der Waals surface area contributed by atoms with Crippen LogP contribution in [-0.2, 0) is 0 Å². The highest BCUT2D eigenvalue weighted by molar-refractivity contribution is 4.85. The van der Waals surface area contributed by atoms with E-state index in [1.54, 1.807) is 0 Å². The molecule has 0 heteroatoms. The molecule has 16 heavy (non-hydrogen) atoms. The fourth-order valence-electron chi connectivity index (χ4n) is 2.04. The zero-order valence-electron chi connectivity index (χ0n) is 11.7. The zero-order chi connectivity index (χ0) is 12.2. The lowest BCUT2D eigenvalue weighted by molar-refractivity contribution is 0.421. The van der Waals surface area contributed by atoms with Gasteiger partial charge in [-0.15, -0.1) is 0 Å². The molecule has 0 N–H and O–H groups in total. The number of allylic oxidation sites excluding steroid dienone is 4. The fourth-order valence-corrected chi connectivity index (χ4v) is 2.04. The lowest BCUT2D eigenvalue weighted by Crippen LogP contribution is -1.99. The Labute approximate surface area is 103 Å². The molecular weight excluding hydrogens is 192 g/mol. The molecule has 0 saturated heterocycles. The van der Waals surface area contributed by atoms with Crippen LogP contribution in [0.3, 0.4) is 0 Å². The van der Waals surface area contributed by atoms with E-state index in [1.807, 2.05) is 0 Å². The van der Waals surface area contributed by atoms with Gasteiger partial charge in [-0.3, -0.25) is 0 Å². The Morgan fingerprint density at radius 3 is 2.06 bits per heavy atom. The minimum Gasteiger partial charge on any atom is -0.0917 e. The van der Waals surface area contributed by atoms with Gasteiger partial charge in [-0.25, -0.2) is 0 Å². The van der Waals surface area contributed by atoms with Crippen LogP contribution >= 0.6 is 0 Å². The highest BCUT2D eigenvalue weighted by atomic mass is 14.1. The predicted molar refractivity (Wildman–Crippen MR) is 75.7 cm³/mol. The molecule has 0 aliphatic rings. The van der Waals surface area contributed by atoms with E-state index in [-0.39, 0.29) is 0 Å². The van der Waals surface area contributed by atoms with Gasteiger partial charge in [-0.05, 0) is 44.4 Å². The Kier molecular flexibility index (Phi) is 10.6. The standard InChI is InChI=1S/C16H30/c1-5-7-8-13-16(11-6-2)14-10-9-12-15(3)4/h5,7,9,12,15-16H,6,8,10-11,13-14H2,1-4H3. The minimum absolute atomic E-state index is 0.702. The third-order valence-corrected chi connectivity index (χ3v) is 2.94. The van der Waals surface area contributed by atoms with Crippen molar-refractivity contribution >= 4 is 0 Å². The first-order chi connectivity index (χ1) is 7.70. The van der Waals surface area contributed by atoms with Gasteiger partial charge in [0.25, 0.3) is 0 Å². The quantitative estimate of drug-likeness (QED) is 0.436. The molecule has 1 atom stereocenters. The molecule has 0 aromatic rings. The van der Waals surface area contributed by atoms with Gasteiger partial charge in [-0.1, -0.05) is 57.9 Å². The summed E-state index contributed by atoms with van der Waals surface area (Å²) in [6, 6.07) is 0. The van der Waals surface area contributed by atoms with Gasteiger partial charge >= 0.3 is 0 Å². The molecule has 0 aliphatic carbocycles. The SMILES string of the molecule is CC=CCCC(CCC)CCC=CC(C)C. The molecule has 0 nitrogen and oxygen atoms in total. The average molecular weight is 222 g/mol. The molecule has 0 aromatic carbocycles. The lowest BCUT2D eigenvalue weighted by atomic mass is 9.92. The molecule has 0 bridgehead atoms. The summed E-state index contributed by atoms with van der Waals surface area (Å²) in [6.07, 6.45) is 17.1. The zero-order valence-corrected chi connectivity index (χ0v) is 11.7. The van der Waals surface area contributed by atoms with Gasteiger partial charge in [0, 0.05) is 0 Å². The molecule has 0 heterocycles. The fraction of sp³-hybridized carbons (Fsp3) is 0.750. The molecule has 0 radical (unpaired) electrons. The number of hydrogen-bond acceptors (Lipinski definition) is 0. The van der Waals surface area contributed by atoms with E-state index in [0.717, 1.165) is 5.92 Å². The van der Waals surface area contributed by atoms with Gasteiger partial charge in [0.2, 0.25) is 0 Å². The maximum absolute atomic E-state index is 2.36. The highest BCUT2D eigenvalue weighted by Crippen LogP contribution is 2.20. The Morgan fingerprint density at radius 1 is 0.938 bits per heavy atom. The maximum Gasteiger partial charge on any atom is -0.0290 e. The van der Waals surface area contributed by atoms with E-state index < -0.39 is 0 Å². The second-order valence-corrected chi connectivity index (χ2v) is 5.05. The summed E-state index contributed by atoms with van der Waals surface area (Å²) in [5.74, 6) is 1.63. The monoisotopic (exact) mass is 222 g/mol. The summed E-state index contributed by atoms with van der Waals surface area (Å²) in [6.45, 7) is 8.89. The van der Waals surface area contributed by atoms with Crippen LogP contribution in [0.25, 0.3) is 0 Å². The smallest absolute Gasteiger partial charge is 0.0290 e. The maximum atomic E-state index is 2.36. The largest absolute Gasteiger partial charge is 0.0917 e. The molecule has 0 saturated carbocycles. The van der Waals surface area contributed by atoms with Crippen LogP contribution in [0.4, 0.5) is 0 Å². The third kappa shape index (κ3) is 10.0. The summed E-state index contributed by atoms with van der Waals surface area (Å²) < 4.78 is 0. The van der Waals surface area contributed by atoms with Crippen LogP contribution in [0.5, 0.6) is 0 Å². The first-order valence-electron chi connectivity index (χ1n) is 6.98. The Balaban J connectivity index is 3.75. The summed E-state index contributed by atoms with van der Waals surface area (Å²) in [4.78, 5) is 0. The van der Waals surface area contributed by atoms with Crippen molar-refractivity contribution < 1.29 is 0 Å². The van der Waals surface area contributed by atoms with Crippen molar-refractivity contribution in [3.8, 4) is 0 Å². The van der Waals surface area contributed by atoms with Gasteiger partial charge in [-0.2, -0.15) is 0 Å². The van der Waals surface area contributed by atoms with Crippen molar-refractivity contribution in [3.63, 3.8) is 0 Å². The van der Waals surface area contributed by atoms with Crippen LogP contribution in [0.1, 0.15) is 66.2 Å². The van der Waals surface area contributed by atoms with E-state index in [0.29, 0.717) is 5.92 Å². The van der Waals surface area contributed by atoms with E-state index in [4.69, 9.17) is 0 Å². The number of rotatable bonds is 9. The summed E-state index contributed by atoms with van der Waals surface area (Å²) >= 11 is 0. The Morgan fingerprint density at radius 2 is 1.56 bits per heavy atom. The third-order valence-electron chi connectivity index (χ3n) is 2.94. The molecule has 0 spiro atoms. The van der Waals surface area contributed by atoms with Crippen LogP contribution < -0.4 is 0 Å². The molecule has 0 aromatic heterocycles. The predicted octanol–water partition coefficient (Wildman–Crippen LogP) is 5.75. The van der Waals surface area contributed by atoms with Gasteiger partial charge in [0.05, 0.1) is 0 Å². The van der Waals surface area contributed by atoms with Crippen LogP contribution in [0, 0.1) is 11.8 Å². The van der Waals surface area contributed by atoms with Crippen molar-refractivity contribution in [1.82, 2.24) is 0 Å². The summed E-state index contributed by atoms with van der Waals surface area (Å²) in [5.41, 5.74) is 0. The van der Waals surface area contributed by atoms with Crippen molar-refractivity contribution in [2.75, 3.05) is 0 Å². The minimum atomic E-state index is 0.702. The molecule has 1 unspecified atom stereocenters. The van der Waals surface area contributed by atoms with E-state index in [1.165, 1.54) is 38.5 Å². The Hall–Kier alpha value is -0.520. The first kappa shape index (κ1) is 15.5. The average Bonchev–Trinajstić information content (AvgIpc) is 2.24. The molecule has 0 rings (SSSR count). The topological polar surface area (TPSA) is 0 Å². The van der Waals surface area contributed by atoms with Gasteiger partial charge in [0.15, 0.2) is 0 Å². The lowest BCUT2D eigenvalue weighted by Gasteiger charge is -2.13. The normalized spacial score (nSPS) is 14.3. The summed E-state index contributed by atoms with van der Waals surface area (Å²) in [7, 11) is 0. The molecule has 94 valence electrons. The summed E-state index contributed by atoms with van der Waals surface area (Å²) in [5, 5.41) is 0. The molecule has 0 aliphatic heterocycles. The number of hydrogen-bond donors (Lipinski definition) is 0. The van der Waals surface area contributed by atoms with Gasteiger partial charge in [0.1, 0.15) is 0 Å². The van der Waals surface area contributed by atoms with Crippen molar-refractivity contribution in [2.45, 2.75) is 66.2 Å². The second-order valence-electron chi connectivity index (χ2n) is 5.05. The molecular formula is C16H30. The van der Waals surface area contributed by atoms with E-state index >= 15 is 0 Å². The highest BCUT2D eigenvalue weighted by Gasteiger charge is 2.05. The molecule has 0 fully saturated rings. The van der Waals surface area contributed by atoms with Crippen LogP contribution in [-0.4, -0.2) is 0 Å². The Bertz CT molecular complexity index is 186. The second kappa shape index (κ2) is 11.0. The van der Waals surface area contributed by atoms with Crippen LogP contribution in [0.2, 0.25) is 0 Å². The van der Waals surface area contributed by atoms with Crippen molar-refractivity contribution in [3.05, 3.63) is 24.3 Å². The van der Waals surface area contributed by atoms with E-state index in [9.17, 15) is 0 Å². The van der Waals surface area contributed by atoms with Crippen molar-refractivity contribution in [1.29, 1.82) is 0 Å². The van der Waals surface area contributed by atoms with Crippen molar-refractivity contribution in [2.24, 2.45) is 11.8 Å². The van der Waals surface area contributed by atoms with Gasteiger partial charge < -0.3 is 0 Å². The molecule has 0 amide bonds. The van der Waals surface area contributed by atoms with Crippen LogP contribution in [0.15, 0.2) is 24.3 Å². The van der Waals surface area contributed by atoms with E-state index in [2.05, 4.69) is 52.0 Å².